The molecule has 1 aliphatic rings. The third kappa shape index (κ3) is 3.31. The van der Waals surface area contributed by atoms with Crippen LogP contribution in [0.25, 0.3) is 0 Å². The molecule has 1 unspecified atom stereocenters. The van der Waals surface area contributed by atoms with E-state index < -0.39 is 0 Å². The van der Waals surface area contributed by atoms with Crippen molar-refractivity contribution < 1.29 is 4.74 Å². The normalized spacial score (nSPS) is 19.1. The highest BCUT2D eigenvalue weighted by atomic mass is 32.2. The number of nitrogens with one attached hydrogen (secondary N) is 1. The fourth-order valence-corrected chi connectivity index (χ4v) is 3.15. The molecule has 0 radical (unpaired) electrons. The van der Waals surface area contributed by atoms with Crippen molar-refractivity contribution in [1.29, 1.82) is 0 Å². The summed E-state index contributed by atoms with van der Waals surface area (Å²) in [5, 5.41) is 3.54. The number of thioether (sulfide) groups is 1. The average molecular weight is 271 g/mol. The Labute approximate surface area is 118 Å². The summed E-state index contributed by atoms with van der Waals surface area (Å²) in [4.78, 5) is 0. The van der Waals surface area contributed by atoms with Crippen LogP contribution in [0.5, 0.6) is 11.5 Å². The van der Waals surface area contributed by atoms with Gasteiger partial charge < -0.3 is 10.1 Å². The highest BCUT2D eigenvalue weighted by molar-refractivity contribution is 7.99. The summed E-state index contributed by atoms with van der Waals surface area (Å²) in [7, 11) is 0. The number of hydrogen-bond acceptors (Lipinski definition) is 3. The lowest BCUT2D eigenvalue weighted by Gasteiger charge is -2.23. The maximum atomic E-state index is 5.80. The molecule has 98 valence electrons. The molecule has 1 saturated heterocycles. The molecule has 0 aliphatic carbocycles. The van der Waals surface area contributed by atoms with Gasteiger partial charge in [-0.2, -0.15) is 11.8 Å². The Morgan fingerprint density at radius 3 is 2.37 bits per heavy atom. The Morgan fingerprint density at radius 2 is 1.68 bits per heavy atom. The number of ether oxygens (including phenoxy) is 1. The second-order valence-corrected chi connectivity index (χ2v) is 5.72. The highest BCUT2D eigenvalue weighted by Crippen LogP contribution is 2.26. The monoisotopic (exact) mass is 271 g/mol. The van der Waals surface area contributed by atoms with E-state index in [1.165, 1.54) is 11.3 Å². The number of para-hydroxylation sites is 1. The Hall–Kier alpha value is -1.45. The predicted octanol–water partition coefficient (Wildman–Crippen LogP) is 3.86. The van der Waals surface area contributed by atoms with Gasteiger partial charge in [-0.3, -0.25) is 0 Å². The number of rotatable bonds is 3. The maximum Gasteiger partial charge on any atom is 0.127 e. The first-order chi connectivity index (χ1) is 9.42. The zero-order valence-electron chi connectivity index (χ0n) is 10.7. The van der Waals surface area contributed by atoms with Crippen molar-refractivity contribution in [3.8, 4) is 11.5 Å². The number of hydrogen-bond donors (Lipinski definition) is 1. The van der Waals surface area contributed by atoms with Gasteiger partial charge in [0.15, 0.2) is 0 Å². The highest BCUT2D eigenvalue weighted by Gasteiger charge is 2.14. The Kier molecular flexibility index (Phi) is 4.06. The van der Waals surface area contributed by atoms with Gasteiger partial charge in [0.1, 0.15) is 11.5 Å². The molecule has 1 N–H and O–H groups in total. The molecule has 0 amide bonds. The Balaban J connectivity index is 1.68. The molecule has 1 fully saturated rings. The van der Waals surface area contributed by atoms with Gasteiger partial charge in [-0.05, 0) is 29.8 Å². The first-order valence-corrected chi connectivity index (χ1v) is 7.71. The van der Waals surface area contributed by atoms with Crippen molar-refractivity contribution in [2.24, 2.45) is 0 Å². The molecule has 2 nitrogen and oxygen atoms in total. The van der Waals surface area contributed by atoms with Crippen LogP contribution < -0.4 is 10.1 Å². The second kappa shape index (κ2) is 6.13. The van der Waals surface area contributed by atoms with Gasteiger partial charge in [-0.1, -0.05) is 30.3 Å². The molecule has 19 heavy (non-hydrogen) atoms. The predicted molar refractivity (Wildman–Crippen MR) is 81.0 cm³/mol. The largest absolute Gasteiger partial charge is 0.457 e. The summed E-state index contributed by atoms with van der Waals surface area (Å²) >= 11 is 2.01. The van der Waals surface area contributed by atoms with Crippen molar-refractivity contribution in [3.05, 3.63) is 60.2 Å². The van der Waals surface area contributed by atoms with Gasteiger partial charge in [0, 0.05) is 24.1 Å². The Bertz CT molecular complexity index is 506. The first kappa shape index (κ1) is 12.6. The summed E-state index contributed by atoms with van der Waals surface area (Å²) in [5.74, 6) is 4.13. The lowest BCUT2D eigenvalue weighted by molar-refractivity contribution is 0.482. The number of benzene rings is 2. The molecule has 1 atom stereocenters. The molecule has 2 aromatic rings. The quantitative estimate of drug-likeness (QED) is 0.916. The van der Waals surface area contributed by atoms with Crippen LogP contribution in [0.15, 0.2) is 54.6 Å². The van der Waals surface area contributed by atoms with Crippen LogP contribution in [0.3, 0.4) is 0 Å². The van der Waals surface area contributed by atoms with Gasteiger partial charge in [0.05, 0.1) is 0 Å². The molecule has 3 rings (SSSR count). The summed E-state index contributed by atoms with van der Waals surface area (Å²) in [5.41, 5.74) is 1.34. The first-order valence-electron chi connectivity index (χ1n) is 6.56. The topological polar surface area (TPSA) is 21.3 Å². The summed E-state index contributed by atoms with van der Waals surface area (Å²) < 4.78 is 5.80. The summed E-state index contributed by atoms with van der Waals surface area (Å²) in [6, 6.07) is 18.8. The SMILES string of the molecule is c1ccc(Oc2ccc(C3CSCCN3)cc2)cc1. The zero-order chi connectivity index (χ0) is 12.9. The van der Waals surface area contributed by atoms with Gasteiger partial charge in [0.25, 0.3) is 0 Å². The van der Waals surface area contributed by atoms with Crippen LogP contribution in [0.2, 0.25) is 0 Å². The van der Waals surface area contributed by atoms with Crippen LogP contribution in [0.1, 0.15) is 11.6 Å². The van der Waals surface area contributed by atoms with Crippen LogP contribution in [0.4, 0.5) is 0 Å². The minimum absolute atomic E-state index is 0.476. The molecule has 1 heterocycles. The van der Waals surface area contributed by atoms with Crippen molar-refractivity contribution in [2.75, 3.05) is 18.1 Å². The van der Waals surface area contributed by atoms with Crippen LogP contribution in [0, 0.1) is 0 Å². The lowest BCUT2D eigenvalue weighted by atomic mass is 10.1. The molecule has 0 saturated carbocycles. The fourth-order valence-electron chi connectivity index (χ4n) is 2.17. The van der Waals surface area contributed by atoms with Crippen molar-refractivity contribution in [2.45, 2.75) is 6.04 Å². The molecule has 2 aromatic carbocycles. The summed E-state index contributed by atoms with van der Waals surface area (Å²) in [6.07, 6.45) is 0. The van der Waals surface area contributed by atoms with Gasteiger partial charge in [0.2, 0.25) is 0 Å². The van der Waals surface area contributed by atoms with E-state index in [4.69, 9.17) is 4.74 Å². The molecule has 3 heteroatoms. The van der Waals surface area contributed by atoms with E-state index in [2.05, 4.69) is 17.4 Å². The molecular formula is C16H17NOS. The molecular weight excluding hydrogens is 254 g/mol. The van der Waals surface area contributed by atoms with E-state index in [0.717, 1.165) is 23.8 Å². The van der Waals surface area contributed by atoms with Gasteiger partial charge in [-0.15, -0.1) is 0 Å². The average Bonchev–Trinajstić information content (AvgIpc) is 2.50. The van der Waals surface area contributed by atoms with E-state index in [0.29, 0.717) is 6.04 Å². The Morgan fingerprint density at radius 1 is 0.947 bits per heavy atom. The molecule has 0 spiro atoms. The van der Waals surface area contributed by atoms with Crippen LogP contribution in [-0.4, -0.2) is 18.1 Å². The van der Waals surface area contributed by atoms with Gasteiger partial charge in [-0.25, -0.2) is 0 Å². The van der Waals surface area contributed by atoms with Crippen molar-refractivity contribution in [3.63, 3.8) is 0 Å². The minimum atomic E-state index is 0.476. The smallest absolute Gasteiger partial charge is 0.127 e. The molecule has 0 bridgehead atoms. The molecule has 0 aromatic heterocycles. The maximum absolute atomic E-state index is 5.80. The summed E-state index contributed by atoms with van der Waals surface area (Å²) in [6.45, 7) is 1.09. The van der Waals surface area contributed by atoms with Gasteiger partial charge >= 0.3 is 0 Å². The van der Waals surface area contributed by atoms with Crippen molar-refractivity contribution >= 4 is 11.8 Å². The third-order valence-electron chi connectivity index (χ3n) is 3.18. The zero-order valence-corrected chi connectivity index (χ0v) is 11.5. The lowest BCUT2D eigenvalue weighted by Crippen LogP contribution is -2.30. The molecule has 1 aliphatic heterocycles. The minimum Gasteiger partial charge on any atom is -0.457 e. The van der Waals surface area contributed by atoms with E-state index in [9.17, 15) is 0 Å². The van der Waals surface area contributed by atoms with E-state index in [1.807, 2.05) is 54.2 Å². The van der Waals surface area contributed by atoms with Crippen molar-refractivity contribution in [1.82, 2.24) is 5.32 Å². The third-order valence-corrected chi connectivity index (χ3v) is 4.24. The van der Waals surface area contributed by atoms with E-state index in [1.54, 1.807) is 0 Å². The van der Waals surface area contributed by atoms with E-state index >= 15 is 0 Å². The second-order valence-electron chi connectivity index (χ2n) is 4.57. The standard InChI is InChI=1S/C16H17NOS/c1-2-4-14(5-3-1)18-15-8-6-13(7-9-15)16-12-19-11-10-17-16/h1-9,16-17H,10-12H2. The van der Waals surface area contributed by atoms with Crippen LogP contribution >= 0.6 is 11.8 Å². The fraction of sp³-hybridized carbons (Fsp3) is 0.250. The van der Waals surface area contributed by atoms with E-state index in [-0.39, 0.29) is 0 Å². The van der Waals surface area contributed by atoms with Crippen LogP contribution in [-0.2, 0) is 0 Å².